The summed E-state index contributed by atoms with van der Waals surface area (Å²) in [5.74, 6) is 0. The highest BCUT2D eigenvalue weighted by atomic mass is 16.5. The zero-order valence-electron chi connectivity index (χ0n) is 7.09. The molecular formula is C7H18N2O. The highest BCUT2D eigenvalue weighted by Gasteiger charge is 2.17. The molecule has 1 atom stereocenters. The van der Waals surface area contributed by atoms with E-state index < -0.39 is 0 Å². The first-order valence-electron chi connectivity index (χ1n) is 3.94. The van der Waals surface area contributed by atoms with Gasteiger partial charge in [-0.05, 0) is 13.5 Å². The molecule has 1 heterocycles. The lowest BCUT2D eigenvalue weighted by Gasteiger charge is -2.05. The summed E-state index contributed by atoms with van der Waals surface area (Å²) in [5, 5.41) is 13.3. The van der Waals surface area contributed by atoms with Crippen LogP contribution >= 0.6 is 0 Å². The van der Waals surface area contributed by atoms with Gasteiger partial charge in [0.15, 0.2) is 0 Å². The van der Waals surface area contributed by atoms with Crippen LogP contribution in [0.4, 0.5) is 0 Å². The smallest absolute Gasteiger partial charge is 0.0392 e. The standard InChI is InChI=1S/C5H12N2O.C2H6/c1-6-5-2-3-7(8)4-5;1-2/h5-6,8H,2-4H2,1H3;1-2H3. The van der Waals surface area contributed by atoms with Gasteiger partial charge in [-0.2, -0.15) is 5.06 Å². The molecule has 1 rings (SSSR count). The monoisotopic (exact) mass is 146 g/mol. The second kappa shape index (κ2) is 5.65. The van der Waals surface area contributed by atoms with Crippen molar-refractivity contribution in [3.63, 3.8) is 0 Å². The van der Waals surface area contributed by atoms with Crippen molar-refractivity contribution in [3.05, 3.63) is 0 Å². The molecule has 0 radical (unpaired) electrons. The number of likely N-dealkylation sites (N-methyl/N-ethyl adjacent to an activating group) is 1. The first-order valence-corrected chi connectivity index (χ1v) is 3.94. The van der Waals surface area contributed by atoms with Crippen molar-refractivity contribution < 1.29 is 5.21 Å². The quantitative estimate of drug-likeness (QED) is 0.571. The molecular weight excluding hydrogens is 128 g/mol. The predicted molar refractivity (Wildman–Crippen MR) is 42.2 cm³/mol. The van der Waals surface area contributed by atoms with Gasteiger partial charge in [-0.15, -0.1) is 0 Å². The molecule has 0 aromatic heterocycles. The largest absolute Gasteiger partial charge is 0.316 e. The van der Waals surface area contributed by atoms with Crippen molar-refractivity contribution in [2.24, 2.45) is 0 Å². The summed E-state index contributed by atoms with van der Waals surface area (Å²) < 4.78 is 0. The summed E-state index contributed by atoms with van der Waals surface area (Å²) in [6, 6.07) is 0.500. The Morgan fingerprint density at radius 3 is 2.30 bits per heavy atom. The zero-order chi connectivity index (χ0) is 7.98. The molecule has 10 heavy (non-hydrogen) atoms. The molecule has 1 saturated heterocycles. The summed E-state index contributed by atoms with van der Waals surface area (Å²) in [6.45, 7) is 5.59. The molecule has 3 nitrogen and oxygen atoms in total. The fourth-order valence-corrected chi connectivity index (χ4v) is 0.977. The molecule has 0 spiro atoms. The van der Waals surface area contributed by atoms with E-state index in [1.54, 1.807) is 0 Å². The minimum atomic E-state index is 0.500. The summed E-state index contributed by atoms with van der Waals surface area (Å²) in [5.41, 5.74) is 0. The normalized spacial score (nSPS) is 25.8. The molecule has 1 aliphatic rings. The van der Waals surface area contributed by atoms with Gasteiger partial charge in [-0.1, -0.05) is 13.8 Å². The van der Waals surface area contributed by atoms with Crippen LogP contribution in [-0.2, 0) is 0 Å². The molecule has 0 aromatic rings. The molecule has 1 unspecified atom stereocenters. The van der Waals surface area contributed by atoms with Gasteiger partial charge < -0.3 is 10.5 Å². The lowest BCUT2D eigenvalue weighted by Crippen LogP contribution is -2.27. The molecule has 1 fully saturated rings. The van der Waals surface area contributed by atoms with Gasteiger partial charge in [-0.3, -0.25) is 0 Å². The van der Waals surface area contributed by atoms with Crippen molar-refractivity contribution in [1.82, 2.24) is 10.4 Å². The van der Waals surface area contributed by atoms with Crippen molar-refractivity contribution >= 4 is 0 Å². The number of hydrogen-bond acceptors (Lipinski definition) is 3. The number of hydroxylamine groups is 2. The van der Waals surface area contributed by atoms with E-state index in [0.29, 0.717) is 6.04 Å². The lowest BCUT2D eigenvalue weighted by molar-refractivity contribution is -0.0695. The van der Waals surface area contributed by atoms with Crippen LogP contribution in [0.25, 0.3) is 0 Å². The third-order valence-corrected chi connectivity index (χ3v) is 1.58. The minimum absolute atomic E-state index is 0.500. The van der Waals surface area contributed by atoms with Gasteiger partial charge in [0.05, 0.1) is 0 Å². The number of nitrogens with zero attached hydrogens (tertiary/aromatic N) is 1. The van der Waals surface area contributed by atoms with E-state index in [-0.39, 0.29) is 0 Å². The Balaban J connectivity index is 0.000000371. The summed E-state index contributed by atoms with van der Waals surface area (Å²) in [7, 11) is 1.92. The fourth-order valence-electron chi connectivity index (χ4n) is 0.977. The van der Waals surface area contributed by atoms with Crippen LogP contribution in [0.5, 0.6) is 0 Å². The highest BCUT2D eigenvalue weighted by molar-refractivity contribution is 4.74. The Labute approximate surface area is 63.0 Å². The summed E-state index contributed by atoms with van der Waals surface area (Å²) >= 11 is 0. The molecule has 0 bridgehead atoms. The molecule has 1 aliphatic heterocycles. The number of nitrogens with one attached hydrogen (secondary N) is 1. The molecule has 0 amide bonds. The summed E-state index contributed by atoms with van der Waals surface area (Å²) in [6.07, 6.45) is 1.06. The van der Waals surface area contributed by atoms with Gasteiger partial charge in [0.2, 0.25) is 0 Å². The van der Waals surface area contributed by atoms with Crippen LogP contribution < -0.4 is 5.32 Å². The van der Waals surface area contributed by atoms with Crippen molar-refractivity contribution in [2.45, 2.75) is 26.3 Å². The third kappa shape index (κ3) is 3.15. The second-order valence-electron chi connectivity index (χ2n) is 2.19. The maximum Gasteiger partial charge on any atom is 0.0392 e. The van der Waals surface area contributed by atoms with E-state index in [1.165, 1.54) is 5.06 Å². The molecule has 0 aliphatic carbocycles. The van der Waals surface area contributed by atoms with E-state index >= 15 is 0 Å². The SMILES string of the molecule is CC.CNC1CCN(O)C1. The number of rotatable bonds is 1. The van der Waals surface area contributed by atoms with Gasteiger partial charge >= 0.3 is 0 Å². The van der Waals surface area contributed by atoms with Gasteiger partial charge in [0.1, 0.15) is 0 Å². The topological polar surface area (TPSA) is 35.5 Å². The van der Waals surface area contributed by atoms with E-state index in [2.05, 4.69) is 5.32 Å². The van der Waals surface area contributed by atoms with Crippen molar-refractivity contribution in [1.29, 1.82) is 0 Å². The second-order valence-corrected chi connectivity index (χ2v) is 2.19. The maximum atomic E-state index is 8.82. The first-order chi connectivity index (χ1) is 4.83. The van der Waals surface area contributed by atoms with Gasteiger partial charge in [-0.25, -0.2) is 0 Å². The predicted octanol–water partition coefficient (Wildman–Crippen LogP) is 0.696. The zero-order valence-corrected chi connectivity index (χ0v) is 7.09. The maximum absolute atomic E-state index is 8.82. The average Bonchev–Trinajstić information content (AvgIpc) is 2.40. The van der Waals surface area contributed by atoms with E-state index in [1.807, 2.05) is 20.9 Å². The Morgan fingerprint density at radius 1 is 1.50 bits per heavy atom. The Kier molecular flexibility index (Phi) is 5.58. The molecule has 0 aromatic carbocycles. The fraction of sp³-hybridized carbons (Fsp3) is 1.00. The van der Waals surface area contributed by atoms with Crippen molar-refractivity contribution in [2.75, 3.05) is 20.1 Å². The van der Waals surface area contributed by atoms with Crippen LogP contribution in [0.3, 0.4) is 0 Å². The first kappa shape index (κ1) is 9.88. The van der Waals surface area contributed by atoms with Crippen LogP contribution in [0, 0.1) is 0 Å². The third-order valence-electron chi connectivity index (χ3n) is 1.58. The Morgan fingerprint density at radius 2 is 2.10 bits per heavy atom. The molecule has 0 saturated carbocycles. The minimum Gasteiger partial charge on any atom is -0.316 e. The van der Waals surface area contributed by atoms with Crippen LogP contribution in [0.15, 0.2) is 0 Å². The summed E-state index contributed by atoms with van der Waals surface area (Å²) in [4.78, 5) is 0. The number of hydrogen-bond donors (Lipinski definition) is 2. The van der Waals surface area contributed by atoms with Crippen LogP contribution in [0.2, 0.25) is 0 Å². The molecule has 3 heteroatoms. The van der Waals surface area contributed by atoms with Crippen LogP contribution in [0.1, 0.15) is 20.3 Å². The Bertz CT molecular complexity index is 78.0. The van der Waals surface area contributed by atoms with Crippen molar-refractivity contribution in [3.8, 4) is 0 Å². The highest BCUT2D eigenvalue weighted by Crippen LogP contribution is 2.03. The average molecular weight is 146 g/mol. The van der Waals surface area contributed by atoms with E-state index in [4.69, 9.17) is 5.21 Å². The lowest BCUT2D eigenvalue weighted by atomic mass is 10.3. The Hall–Kier alpha value is -0.120. The molecule has 2 N–H and O–H groups in total. The van der Waals surface area contributed by atoms with Gasteiger partial charge in [0, 0.05) is 19.1 Å². The molecule has 62 valence electrons. The van der Waals surface area contributed by atoms with E-state index in [9.17, 15) is 0 Å². The van der Waals surface area contributed by atoms with Crippen LogP contribution in [-0.4, -0.2) is 36.4 Å². The van der Waals surface area contributed by atoms with E-state index in [0.717, 1.165) is 19.5 Å². The van der Waals surface area contributed by atoms with Gasteiger partial charge in [0.25, 0.3) is 0 Å².